The minimum atomic E-state index is -0.306. The van der Waals surface area contributed by atoms with Crippen molar-refractivity contribution in [3.63, 3.8) is 0 Å². The van der Waals surface area contributed by atoms with Crippen LogP contribution in [0.5, 0.6) is 0 Å². The van der Waals surface area contributed by atoms with Gasteiger partial charge in [-0.1, -0.05) is 17.7 Å². The van der Waals surface area contributed by atoms with Crippen molar-refractivity contribution in [2.45, 2.75) is 26.7 Å². The maximum absolute atomic E-state index is 11.7. The van der Waals surface area contributed by atoms with Gasteiger partial charge in [0.05, 0.1) is 18.2 Å². The Morgan fingerprint density at radius 3 is 2.88 bits per heavy atom. The second-order valence-corrected chi connectivity index (χ2v) is 3.72. The monoisotopic (exact) mass is 217 g/mol. The Morgan fingerprint density at radius 2 is 2.19 bits per heavy atom. The topological polar surface area (TPSA) is 50.1 Å². The lowest BCUT2D eigenvalue weighted by molar-refractivity contribution is 0.0501. The van der Waals surface area contributed by atoms with E-state index in [0.29, 0.717) is 25.0 Å². The van der Waals surface area contributed by atoms with Gasteiger partial charge in [0.15, 0.2) is 0 Å². The Balaban J connectivity index is 2.59. The number of aryl methyl sites for hydroxylation is 2. The van der Waals surface area contributed by atoms with Crippen LogP contribution in [0, 0.1) is 25.2 Å². The zero-order valence-electron chi connectivity index (χ0n) is 9.62. The van der Waals surface area contributed by atoms with Crippen molar-refractivity contribution in [3.8, 4) is 6.07 Å². The number of hydrogen-bond acceptors (Lipinski definition) is 3. The zero-order valence-corrected chi connectivity index (χ0v) is 9.62. The molecule has 0 N–H and O–H groups in total. The Labute approximate surface area is 95.7 Å². The molecule has 0 radical (unpaired) electrons. The molecule has 0 saturated carbocycles. The fourth-order valence-electron chi connectivity index (χ4n) is 1.35. The van der Waals surface area contributed by atoms with Gasteiger partial charge < -0.3 is 4.74 Å². The smallest absolute Gasteiger partial charge is 0.338 e. The van der Waals surface area contributed by atoms with E-state index < -0.39 is 0 Å². The molecular formula is C13H15NO2. The van der Waals surface area contributed by atoms with E-state index in [1.54, 1.807) is 0 Å². The number of esters is 1. The van der Waals surface area contributed by atoms with Crippen LogP contribution in [0.1, 0.15) is 34.3 Å². The summed E-state index contributed by atoms with van der Waals surface area (Å²) < 4.78 is 5.08. The van der Waals surface area contributed by atoms with Crippen molar-refractivity contribution >= 4 is 5.97 Å². The Bertz CT molecular complexity index is 418. The maximum Gasteiger partial charge on any atom is 0.338 e. The summed E-state index contributed by atoms with van der Waals surface area (Å²) in [5.41, 5.74) is 2.56. The highest BCUT2D eigenvalue weighted by Gasteiger charge is 2.09. The second-order valence-electron chi connectivity index (χ2n) is 3.72. The first-order valence-corrected chi connectivity index (χ1v) is 5.26. The molecule has 16 heavy (non-hydrogen) atoms. The fraction of sp³-hybridized carbons (Fsp3) is 0.385. The normalized spacial score (nSPS) is 9.56. The predicted octanol–water partition coefficient (Wildman–Crippen LogP) is 2.76. The van der Waals surface area contributed by atoms with E-state index in [4.69, 9.17) is 10.00 Å². The quantitative estimate of drug-likeness (QED) is 0.575. The Hall–Kier alpha value is -1.82. The largest absolute Gasteiger partial charge is 0.462 e. The fourth-order valence-corrected chi connectivity index (χ4v) is 1.35. The summed E-state index contributed by atoms with van der Waals surface area (Å²) in [5.74, 6) is -0.306. The van der Waals surface area contributed by atoms with E-state index in [0.717, 1.165) is 11.1 Å². The van der Waals surface area contributed by atoms with E-state index in [1.165, 1.54) is 0 Å². The summed E-state index contributed by atoms with van der Waals surface area (Å²) in [6, 6.07) is 7.70. The summed E-state index contributed by atoms with van der Waals surface area (Å²) in [4.78, 5) is 11.7. The van der Waals surface area contributed by atoms with Gasteiger partial charge in [-0.05, 0) is 31.9 Å². The second kappa shape index (κ2) is 5.92. The Morgan fingerprint density at radius 1 is 1.44 bits per heavy atom. The standard InChI is InChI=1S/C13H15NO2/c1-10-5-6-11(2)12(9-10)13(15)16-8-4-3-7-14/h5-6,9H,3-4,8H2,1-2H3. The van der Waals surface area contributed by atoms with Gasteiger partial charge in [-0.15, -0.1) is 0 Å². The van der Waals surface area contributed by atoms with Crippen molar-refractivity contribution in [2.75, 3.05) is 6.61 Å². The van der Waals surface area contributed by atoms with Crippen LogP contribution < -0.4 is 0 Å². The molecular weight excluding hydrogens is 202 g/mol. The number of nitriles is 1. The average molecular weight is 217 g/mol. The number of benzene rings is 1. The number of carbonyl (C=O) groups excluding carboxylic acids is 1. The predicted molar refractivity (Wildman–Crippen MR) is 61.0 cm³/mol. The molecule has 0 fully saturated rings. The third kappa shape index (κ3) is 3.39. The van der Waals surface area contributed by atoms with Crippen LogP contribution in [0.15, 0.2) is 18.2 Å². The summed E-state index contributed by atoms with van der Waals surface area (Å²) in [7, 11) is 0. The Kier molecular flexibility index (Phi) is 4.53. The van der Waals surface area contributed by atoms with E-state index in [9.17, 15) is 4.79 Å². The number of hydrogen-bond donors (Lipinski definition) is 0. The lowest BCUT2D eigenvalue weighted by Crippen LogP contribution is -2.08. The van der Waals surface area contributed by atoms with E-state index in [1.807, 2.05) is 38.1 Å². The van der Waals surface area contributed by atoms with Gasteiger partial charge in [0.1, 0.15) is 0 Å². The minimum absolute atomic E-state index is 0.305. The molecule has 0 aliphatic carbocycles. The first kappa shape index (κ1) is 12.3. The molecule has 0 amide bonds. The van der Waals surface area contributed by atoms with E-state index >= 15 is 0 Å². The number of unbranched alkanes of at least 4 members (excludes halogenated alkanes) is 1. The van der Waals surface area contributed by atoms with Crippen LogP contribution >= 0.6 is 0 Å². The molecule has 0 saturated heterocycles. The third-order valence-corrected chi connectivity index (χ3v) is 2.28. The van der Waals surface area contributed by atoms with Crippen LogP contribution in [0.25, 0.3) is 0 Å². The van der Waals surface area contributed by atoms with Gasteiger partial charge in [-0.2, -0.15) is 5.26 Å². The van der Waals surface area contributed by atoms with Crippen LogP contribution in [0.4, 0.5) is 0 Å². The first-order chi connectivity index (χ1) is 7.65. The first-order valence-electron chi connectivity index (χ1n) is 5.26. The molecule has 1 aromatic rings. The van der Waals surface area contributed by atoms with E-state index in [-0.39, 0.29) is 5.97 Å². The molecule has 0 atom stereocenters. The molecule has 0 aliphatic heterocycles. The van der Waals surface area contributed by atoms with Crippen LogP contribution in [-0.2, 0) is 4.74 Å². The average Bonchev–Trinajstić information content (AvgIpc) is 2.27. The molecule has 0 heterocycles. The number of nitrogens with zero attached hydrogens (tertiary/aromatic N) is 1. The summed E-state index contributed by atoms with van der Waals surface area (Å²) in [5, 5.41) is 8.34. The van der Waals surface area contributed by atoms with Gasteiger partial charge in [-0.3, -0.25) is 0 Å². The third-order valence-electron chi connectivity index (χ3n) is 2.28. The molecule has 0 bridgehead atoms. The highest BCUT2D eigenvalue weighted by atomic mass is 16.5. The molecule has 84 valence electrons. The SMILES string of the molecule is Cc1ccc(C)c(C(=O)OCCCC#N)c1. The van der Waals surface area contributed by atoms with Crippen molar-refractivity contribution < 1.29 is 9.53 Å². The summed E-state index contributed by atoms with van der Waals surface area (Å²) in [6.07, 6.45) is 1.01. The van der Waals surface area contributed by atoms with Gasteiger partial charge in [0.25, 0.3) is 0 Å². The maximum atomic E-state index is 11.7. The van der Waals surface area contributed by atoms with Crippen molar-refractivity contribution in [1.82, 2.24) is 0 Å². The van der Waals surface area contributed by atoms with Crippen LogP contribution in [-0.4, -0.2) is 12.6 Å². The van der Waals surface area contributed by atoms with E-state index in [2.05, 4.69) is 0 Å². The van der Waals surface area contributed by atoms with Crippen molar-refractivity contribution in [1.29, 1.82) is 5.26 Å². The molecule has 1 aromatic carbocycles. The molecule has 0 aromatic heterocycles. The van der Waals surface area contributed by atoms with Gasteiger partial charge >= 0.3 is 5.97 Å². The summed E-state index contributed by atoms with van der Waals surface area (Å²) >= 11 is 0. The number of ether oxygens (including phenoxy) is 1. The number of carbonyl (C=O) groups is 1. The van der Waals surface area contributed by atoms with Gasteiger partial charge in [0.2, 0.25) is 0 Å². The van der Waals surface area contributed by atoms with Crippen molar-refractivity contribution in [2.24, 2.45) is 0 Å². The van der Waals surface area contributed by atoms with Crippen LogP contribution in [0.3, 0.4) is 0 Å². The molecule has 0 aliphatic rings. The highest BCUT2D eigenvalue weighted by molar-refractivity contribution is 5.91. The highest BCUT2D eigenvalue weighted by Crippen LogP contribution is 2.12. The van der Waals surface area contributed by atoms with Gasteiger partial charge in [-0.25, -0.2) is 4.79 Å². The molecule has 3 nitrogen and oxygen atoms in total. The number of rotatable bonds is 4. The molecule has 1 rings (SSSR count). The van der Waals surface area contributed by atoms with Gasteiger partial charge in [0, 0.05) is 6.42 Å². The van der Waals surface area contributed by atoms with Crippen molar-refractivity contribution in [3.05, 3.63) is 34.9 Å². The lowest BCUT2D eigenvalue weighted by Gasteiger charge is -2.07. The minimum Gasteiger partial charge on any atom is -0.462 e. The molecule has 3 heteroatoms. The molecule has 0 spiro atoms. The summed E-state index contributed by atoms with van der Waals surface area (Å²) in [6.45, 7) is 4.12. The lowest BCUT2D eigenvalue weighted by atomic mass is 10.1. The zero-order chi connectivity index (χ0) is 12.0. The van der Waals surface area contributed by atoms with Crippen LogP contribution in [0.2, 0.25) is 0 Å². The molecule has 0 unspecified atom stereocenters.